The molecule has 0 aliphatic rings. The molecule has 0 aromatic carbocycles. The lowest BCUT2D eigenvalue weighted by molar-refractivity contribution is -0.154. The average Bonchev–Trinajstić information content (AvgIpc) is 3.27. The summed E-state index contributed by atoms with van der Waals surface area (Å²) in [5.41, 5.74) is 0.956. The van der Waals surface area contributed by atoms with Crippen molar-refractivity contribution < 1.29 is 27.1 Å². The summed E-state index contributed by atoms with van der Waals surface area (Å²) in [6.45, 7) is 0.262. The molecule has 0 bridgehead atoms. The number of ether oxygens (including phenoxy) is 1. The number of aryl methyl sites for hydroxylation is 1. The van der Waals surface area contributed by atoms with Crippen molar-refractivity contribution >= 4 is 5.91 Å². The van der Waals surface area contributed by atoms with Gasteiger partial charge in [-0.1, -0.05) is 6.07 Å². The van der Waals surface area contributed by atoms with Crippen LogP contribution in [0.5, 0.6) is 5.88 Å². The number of carbonyl (C=O) groups excluding carboxylic acids is 1. The van der Waals surface area contributed by atoms with E-state index < -0.39 is 18.7 Å². The normalized spacial score (nSPS) is 11.4. The zero-order chi connectivity index (χ0) is 19.4. The molecule has 0 radical (unpaired) electrons. The second-order valence-corrected chi connectivity index (χ2v) is 5.63. The molecule has 3 aromatic rings. The van der Waals surface area contributed by atoms with Gasteiger partial charge in [0.25, 0.3) is 5.91 Å². The van der Waals surface area contributed by atoms with Crippen LogP contribution in [0.2, 0.25) is 0 Å². The molecule has 0 saturated heterocycles. The molecule has 0 spiro atoms. The lowest BCUT2D eigenvalue weighted by Gasteiger charge is -2.12. The zero-order valence-electron chi connectivity index (χ0n) is 14.1. The predicted octanol–water partition coefficient (Wildman–Crippen LogP) is 3.24. The highest BCUT2D eigenvalue weighted by Crippen LogP contribution is 2.21. The maximum atomic E-state index is 12.3. The van der Waals surface area contributed by atoms with Crippen LogP contribution in [0, 0.1) is 6.92 Å². The Labute approximate surface area is 151 Å². The van der Waals surface area contributed by atoms with E-state index in [2.05, 4.69) is 25.2 Å². The molecular weight excluding hydrogens is 365 g/mol. The van der Waals surface area contributed by atoms with Gasteiger partial charge in [0.1, 0.15) is 11.5 Å². The summed E-state index contributed by atoms with van der Waals surface area (Å²) in [6, 6.07) is 8.08. The smallest absolute Gasteiger partial charge is 0.422 e. The topological polar surface area (TPSA) is 93.0 Å². The predicted molar refractivity (Wildman–Crippen MR) is 88.0 cm³/mol. The molecule has 10 heteroatoms. The number of nitrogens with one attached hydrogen (secondary N) is 2. The number of hydrogen-bond donors (Lipinski definition) is 2. The monoisotopic (exact) mass is 380 g/mol. The van der Waals surface area contributed by atoms with Gasteiger partial charge >= 0.3 is 6.18 Å². The number of alkyl halides is 3. The van der Waals surface area contributed by atoms with E-state index >= 15 is 0 Å². The molecular formula is C17H15F3N4O3. The molecule has 0 saturated carbocycles. The third kappa shape index (κ3) is 4.87. The van der Waals surface area contributed by atoms with E-state index in [9.17, 15) is 18.0 Å². The molecule has 27 heavy (non-hydrogen) atoms. The number of rotatable bonds is 6. The van der Waals surface area contributed by atoms with Crippen LogP contribution in [0.3, 0.4) is 0 Å². The van der Waals surface area contributed by atoms with Crippen LogP contribution in [0.1, 0.15) is 21.8 Å². The number of H-pyrrole nitrogens is 1. The number of hydrogen-bond acceptors (Lipinski definition) is 5. The van der Waals surface area contributed by atoms with Crippen LogP contribution in [-0.4, -0.2) is 33.9 Å². The summed E-state index contributed by atoms with van der Waals surface area (Å²) in [5.74, 6) is 0.554. The molecule has 3 rings (SSSR count). The average molecular weight is 380 g/mol. The van der Waals surface area contributed by atoms with Gasteiger partial charge in [0.05, 0.1) is 0 Å². The molecule has 0 fully saturated rings. The number of halogens is 3. The highest BCUT2D eigenvalue weighted by Gasteiger charge is 2.29. The van der Waals surface area contributed by atoms with Crippen LogP contribution in [0.15, 0.2) is 40.9 Å². The summed E-state index contributed by atoms with van der Waals surface area (Å²) in [7, 11) is 0. The number of carbonyl (C=O) groups is 1. The first-order valence-electron chi connectivity index (χ1n) is 7.86. The second-order valence-electron chi connectivity index (χ2n) is 5.63. The van der Waals surface area contributed by atoms with Gasteiger partial charge in [-0.05, 0) is 25.1 Å². The van der Waals surface area contributed by atoms with Crippen LogP contribution < -0.4 is 10.1 Å². The van der Waals surface area contributed by atoms with Crippen LogP contribution in [0.4, 0.5) is 13.2 Å². The van der Waals surface area contributed by atoms with E-state index in [1.54, 1.807) is 19.1 Å². The summed E-state index contributed by atoms with van der Waals surface area (Å²) in [4.78, 5) is 16.0. The number of pyridine rings is 1. The van der Waals surface area contributed by atoms with E-state index in [1.165, 1.54) is 24.4 Å². The van der Waals surface area contributed by atoms with E-state index in [4.69, 9.17) is 4.42 Å². The summed E-state index contributed by atoms with van der Waals surface area (Å²) < 4.78 is 47.1. The molecule has 0 aliphatic heterocycles. The van der Waals surface area contributed by atoms with Crippen LogP contribution >= 0.6 is 0 Å². The molecule has 142 valence electrons. The molecule has 3 heterocycles. The van der Waals surface area contributed by atoms with Gasteiger partial charge in [0, 0.05) is 24.4 Å². The SMILES string of the molecule is Cc1ccc(-c2cc(C(=O)NCc3cccnc3OCC(F)(F)F)n[nH]2)o1. The lowest BCUT2D eigenvalue weighted by atomic mass is 10.2. The molecule has 0 unspecified atom stereocenters. The maximum Gasteiger partial charge on any atom is 0.422 e. The molecule has 3 aromatic heterocycles. The molecule has 7 nitrogen and oxygen atoms in total. The van der Waals surface area contributed by atoms with Crippen molar-refractivity contribution in [3.63, 3.8) is 0 Å². The van der Waals surface area contributed by atoms with Crippen molar-refractivity contribution in [3.8, 4) is 17.3 Å². The Morgan fingerprint density at radius 1 is 1.33 bits per heavy atom. The number of furan rings is 1. The Kier molecular flexibility index (Phi) is 5.15. The first-order chi connectivity index (χ1) is 12.8. The number of amides is 1. The Balaban J connectivity index is 1.64. The van der Waals surface area contributed by atoms with Gasteiger partial charge in [-0.2, -0.15) is 18.3 Å². The number of aromatic amines is 1. The lowest BCUT2D eigenvalue weighted by Crippen LogP contribution is -2.24. The van der Waals surface area contributed by atoms with E-state index in [-0.39, 0.29) is 18.1 Å². The number of nitrogens with zero attached hydrogens (tertiary/aromatic N) is 2. The van der Waals surface area contributed by atoms with Crippen molar-refractivity contribution in [2.75, 3.05) is 6.61 Å². The fourth-order valence-electron chi connectivity index (χ4n) is 2.25. The third-order valence-corrected chi connectivity index (χ3v) is 3.48. The van der Waals surface area contributed by atoms with Gasteiger partial charge in [0.2, 0.25) is 5.88 Å². The van der Waals surface area contributed by atoms with Gasteiger partial charge in [-0.3, -0.25) is 9.89 Å². The second kappa shape index (κ2) is 7.52. The minimum absolute atomic E-state index is 0.0675. The third-order valence-electron chi connectivity index (χ3n) is 3.48. The summed E-state index contributed by atoms with van der Waals surface area (Å²) in [5, 5.41) is 9.18. The van der Waals surface area contributed by atoms with Crippen molar-refractivity contribution in [2.24, 2.45) is 0 Å². The van der Waals surface area contributed by atoms with E-state index in [0.717, 1.165) is 0 Å². The van der Waals surface area contributed by atoms with Gasteiger partial charge in [-0.15, -0.1) is 0 Å². The van der Waals surface area contributed by atoms with Crippen LogP contribution in [-0.2, 0) is 6.54 Å². The fraction of sp³-hybridized carbons (Fsp3) is 0.235. The number of aromatic nitrogens is 3. The minimum Gasteiger partial charge on any atom is -0.468 e. The summed E-state index contributed by atoms with van der Waals surface area (Å²) >= 11 is 0. The van der Waals surface area contributed by atoms with Gasteiger partial charge in [0.15, 0.2) is 18.1 Å². The molecule has 0 aliphatic carbocycles. The standard InChI is InChI=1S/C17H15F3N4O3/c1-10-4-5-14(27-10)12-7-13(24-23-12)15(25)22-8-11-3-2-6-21-16(11)26-9-17(18,19)20/h2-7H,8-9H2,1H3,(H,22,25)(H,23,24). The maximum absolute atomic E-state index is 12.3. The van der Waals surface area contributed by atoms with Crippen molar-refractivity contribution in [3.05, 3.63) is 53.5 Å². The largest absolute Gasteiger partial charge is 0.468 e. The first kappa shape index (κ1) is 18.5. The van der Waals surface area contributed by atoms with E-state index in [1.807, 2.05) is 0 Å². The first-order valence-corrected chi connectivity index (χ1v) is 7.86. The van der Waals surface area contributed by atoms with Crippen LogP contribution in [0.25, 0.3) is 11.5 Å². The quantitative estimate of drug-likeness (QED) is 0.685. The Bertz CT molecular complexity index is 933. The van der Waals surface area contributed by atoms with Crippen molar-refractivity contribution in [2.45, 2.75) is 19.6 Å². The Morgan fingerprint density at radius 3 is 2.85 bits per heavy atom. The summed E-state index contributed by atoms with van der Waals surface area (Å²) in [6.07, 6.45) is -3.17. The van der Waals surface area contributed by atoms with Gasteiger partial charge < -0.3 is 14.5 Å². The molecule has 2 N–H and O–H groups in total. The Hall–Kier alpha value is -3.30. The molecule has 0 atom stereocenters. The highest BCUT2D eigenvalue weighted by molar-refractivity contribution is 5.93. The fourth-order valence-corrected chi connectivity index (χ4v) is 2.25. The van der Waals surface area contributed by atoms with Crippen molar-refractivity contribution in [1.82, 2.24) is 20.5 Å². The highest BCUT2D eigenvalue weighted by atomic mass is 19.4. The van der Waals surface area contributed by atoms with E-state index in [0.29, 0.717) is 22.8 Å². The van der Waals surface area contributed by atoms with Gasteiger partial charge in [-0.25, -0.2) is 4.98 Å². The minimum atomic E-state index is -4.48. The Morgan fingerprint density at radius 2 is 2.15 bits per heavy atom. The van der Waals surface area contributed by atoms with Crippen molar-refractivity contribution in [1.29, 1.82) is 0 Å². The zero-order valence-corrected chi connectivity index (χ0v) is 14.1. The molecule has 1 amide bonds.